The van der Waals surface area contributed by atoms with Crippen LogP contribution in [0.2, 0.25) is 0 Å². The monoisotopic (exact) mass is 445 g/mol. The van der Waals surface area contributed by atoms with Gasteiger partial charge in [-0.1, -0.05) is 24.3 Å². The van der Waals surface area contributed by atoms with E-state index >= 15 is 0 Å². The van der Waals surface area contributed by atoms with Crippen LogP contribution in [-0.2, 0) is 29.2 Å². The van der Waals surface area contributed by atoms with Crippen molar-refractivity contribution >= 4 is 5.91 Å². The Morgan fingerprint density at radius 2 is 2.06 bits per heavy atom. The summed E-state index contributed by atoms with van der Waals surface area (Å²) in [6.45, 7) is 6.80. The van der Waals surface area contributed by atoms with Crippen LogP contribution in [0.3, 0.4) is 0 Å². The average Bonchev–Trinajstić information content (AvgIpc) is 3.22. The zero-order chi connectivity index (χ0) is 23.1. The fourth-order valence-corrected chi connectivity index (χ4v) is 4.03. The Balaban J connectivity index is 1.76. The van der Waals surface area contributed by atoms with E-state index in [1.54, 1.807) is 27.9 Å². The molecule has 2 aromatic rings. The molecule has 9 heteroatoms. The summed E-state index contributed by atoms with van der Waals surface area (Å²) in [4.78, 5) is 16.9. The van der Waals surface area contributed by atoms with Crippen molar-refractivity contribution in [2.24, 2.45) is 5.92 Å². The smallest absolute Gasteiger partial charge is 0.222 e. The van der Waals surface area contributed by atoms with E-state index in [1.807, 2.05) is 26.1 Å². The first-order chi connectivity index (χ1) is 15.4. The summed E-state index contributed by atoms with van der Waals surface area (Å²) in [6, 6.07) is 6.94. The molecular formula is C23H35N5O4. The number of nitrogens with zero attached hydrogens (tertiary/aromatic N) is 5. The van der Waals surface area contributed by atoms with E-state index in [0.29, 0.717) is 45.6 Å². The molecule has 0 spiro atoms. The van der Waals surface area contributed by atoms with Crippen LogP contribution < -0.4 is 0 Å². The second-order valence-corrected chi connectivity index (χ2v) is 8.82. The lowest BCUT2D eigenvalue weighted by molar-refractivity contribution is -0.136. The van der Waals surface area contributed by atoms with Gasteiger partial charge < -0.3 is 19.8 Å². The number of aliphatic hydroxyl groups excluding tert-OH is 1. The molecule has 1 aliphatic rings. The third kappa shape index (κ3) is 6.51. The lowest BCUT2D eigenvalue weighted by Crippen LogP contribution is -2.47. The first-order valence-electron chi connectivity index (χ1n) is 11.2. The fourth-order valence-electron chi connectivity index (χ4n) is 4.03. The van der Waals surface area contributed by atoms with Crippen LogP contribution in [0.5, 0.6) is 5.75 Å². The van der Waals surface area contributed by atoms with E-state index in [9.17, 15) is 15.0 Å². The van der Waals surface area contributed by atoms with Crippen LogP contribution in [0.1, 0.15) is 37.9 Å². The third-order valence-electron chi connectivity index (χ3n) is 6.02. The Hall–Kier alpha value is -2.49. The Labute approximate surface area is 189 Å². The maximum Gasteiger partial charge on any atom is 0.222 e. The second kappa shape index (κ2) is 11.4. The lowest BCUT2D eigenvalue weighted by atomic mass is 10.0. The quantitative estimate of drug-likeness (QED) is 0.697. The number of ether oxygens (including phenoxy) is 1. The number of aryl methyl sites for hydroxylation is 1. The molecule has 0 saturated carbocycles. The maximum atomic E-state index is 12.9. The minimum absolute atomic E-state index is 0.0387. The molecule has 32 heavy (non-hydrogen) atoms. The van der Waals surface area contributed by atoms with Crippen LogP contribution in [0.15, 0.2) is 30.5 Å². The minimum atomic E-state index is -0.245. The van der Waals surface area contributed by atoms with E-state index in [0.717, 1.165) is 11.3 Å². The molecule has 0 fully saturated rings. The van der Waals surface area contributed by atoms with Gasteiger partial charge in [0, 0.05) is 38.5 Å². The van der Waals surface area contributed by atoms with Gasteiger partial charge in [0.15, 0.2) is 0 Å². The molecule has 2 N–H and O–H groups in total. The topological polar surface area (TPSA) is 104 Å². The number of benzene rings is 1. The maximum absolute atomic E-state index is 12.9. The number of phenolic OH excluding ortho intramolecular Hbond substituents is 1. The van der Waals surface area contributed by atoms with E-state index in [2.05, 4.69) is 22.1 Å². The first kappa shape index (κ1) is 24.2. The zero-order valence-electron chi connectivity index (χ0n) is 19.2. The molecule has 0 bridgehead atoms. The fraction of sp³-hybridized carbons (Fsp3) is 0.609. The zero-order valence-corrected chi connectivity index (χ0v) is 19.2. The van der Waals surface area contributed by atoms with Crippen molar-refractivity contribution in [1.29, 1.82) is 0 Å². The number of fused-ring (bicyclic) bond motifs is 1. The number of carbonyl (C=O) groups excluding carboxylic acids is 1. The van der Waals surface area contributed by atoms with Gasteiger partial charge in [-0.3, -0.25) is 9.69 Å². The highest BCUT2D eigenvalue weighted by Gasteiger charge is 2.28. The molecule has 3 atom stereocenters. The van der Waals surface area contributed by atoms with Crippen LogP contribution in [0.4, 0.5) is 0 Å². The van der Waals surface area contributed by atoms with Gasteiger partial charge in [-0.05, 0) is 38.1 Å². The number of carbonyl (C=O) groups is 1. The number of amides is 1. The largest absolute Gasteiger partial charge is 0.508 e. The molecule has 1 aromatic heterocycles. The molecule has 1 aliphatic heterocycles. The number of rotatable bonds is 6. The average molecular weight is 446 g/mol. The van der Waals surface area contributed by atoms with Gasteiger partial charge in [-0.2, -0.15) is 0 Å². The Morgan fingerprint density at radius 3 is 2.78 bits per heavy atom. The summed E-state index contributed by atoms with van der Waals surface area (Å²) < 4.78 is 8.16. The Kier molecular flexibility index (Phi) is 8.60. The summed E-state index contributed by atoms with van der Waals surface area (Å²) >= 11 is 0. The third-order valence-corrected chi connectivity index (χ3v) is 6.02. The normalized spacial score (nSPS) is 21.7. The predicted molar refractivity (Wildman–Crippen MR) is 120 cm³/mol. The van der Waals surface area contributed by atoms with Crippen molar-refractivity contribution < 1.29 is 19.7 Å². The van der Waals surface area contributed by atoms with Crippen LogP contribution in [-0.4, -0.2) is 79.8 Å². The predicted octanol–water partition coefficient (Wildman–Crippen LogP) is 1.64. The molecule has 9 nitrogen and oxygen atoms in total. The highest BCUT2D eigenvalue weighted by atomic mass is 16.5. The number of hydrogen-bond donors (Lipinski definition) is 2. The van der Waals surface area contributed by atoms with Gasteiger partial charge in [0.05, 0.1) is 37.3 Å². The molecule has 0 saturated heterocycles. The van der Waals surface area contributed by atoms with E-state index < -0.39 is 0 Å². The van der Waals surface area contributed by atoms with Gasteiger partial charge in [-0.15, -0.1) is 5.10 Å². The molecule has 0 radical (unpaired) electrons. The second-order valence-electron chi connectivity index (χ2n) is 8.82. The molecule has 176 valence electrons. The first-order valence-corrected chi connectivity index (χ1v) is 11.2. The number of phenols is 1. The molecule has 1 amide bonds. The number of aliphatic hydroxyl groups is 1. The SMILES string of the molecule is C[C@H](CO)N1C[C@H](C)[C@H](CN(C)Cc2ccc(O)cc2)OCc2cnnn2CCCC1=O. The summed E-state index contributed by atoms with van der Waals surface area (Å²) in [5, 5.41) is 27.4. The lowest BCUT2D eigenvalue weighted by Gasteiger charge is -2.35. The Morgan fingerprint density at radius 1 is 1.31 bits per heavy atom. The number of aromatic hydroxyl groups is 1. The number of aromatic nitrogens is 3. The van der Waals surface area contributed by atoms with Crippen molar-refractivity contribution in [1.82, 2.24) is 24.8 Å². The van der Waals surface area contributed by atoms with Crippen molar-refractivity contribution in [3.8, 4) is 5.75 Å². The van der Waals surface area contributed by atoms with E-state index in [4.69, 9.17) is 4.74 Å². The highest BCUT2D eigenvalue weighted by molar-refractivity contribution is 5.76. The molecule has 0 aliphatic carbocycles. The van der Waals surface area contributed by atoms with Crippen molar-refractivity contribution in [2.45, 2.75) is 58.5 Å². The highest BCUT2D eigenvalue weighted by Crippen LogP contribution is 2.19. The number of likely N-dealkylation sites (N-methyl/N-ethyl adjacent to an activating group) is 1. The van der Waals surface area contributed by atoms with Crippen molar-refractivity contribution in [3.05, 3.63) is 41.7 Å². The summed E-state index contributed by atoms with van der Waals surface area (Å²) in [5.74, 6) is 0.344. The van der Waals surface area contributed by atoms with Gasteiger partial charge in [0.2, 0.25) is 5.91 Å². The molecule has 3 rings (SSSR count). The van der Waals surface area contributed by atoms with Gasteiger partial charge >= 0.3 is 0 Å². The van der Waals surface area contributed by atoms with Gasteiger partial charge in [0.1, 0.15) is 5.75 Å². The van der Waals surface area contributed by atoms with Crippen LogP contribution in [0.25, 0.3) is 0 Å². The molecular weight excluding hydrogens is 410 g/mol. The van der Waals surface area contributed by atoms with Gasteiger partial charge in [0.25, 0.3) is 0 Å². The number of hydrogen-bond acceptors (Lipinski definition) is 7. The van der Waals surface area contributed by atoms with E-state index in [1.165, 1.54) is 0 Å². The van der Waals surface area contributed by atoms with E-state index in [-0.39, 0.29) is 36.3 Å². The van der Waals surface area contributed by atoms with Gasteiger partial charge in [-0.25, -0.2) is 4.68 Å². The van der Waals surface area contributed by atoms with Crippen LogP contribution >= 0.6 is 0 Å². The summed E-state index contributed by atoms with van der Waals surface area (Å²) in [7, 11) is 2.03. The van der Waals surface area contributed by atoms with Crippen LogP contribution in [0, 0.1) is 5.92 Å². The van der Waals surface area contributed by atoms with Crippen molar-refractivity contribution in [2.75, 3.05) is 26.7 Å². The summed E-state index contributed by atoms with van der Waals surface area (Å²) in [6.07, 6.45) is 2.65. The summed E-state index contributed by atoms with van der Waals surface area (Å²) in [5.41, 5.74) is 2.00. The molecule has 1 aromatic carbocycles. The standard InChI is InChI=1S/C23H35N5O4/c1-17-12-27(18(2)15-29)23(31)5-4-10-28-20(11-24-25-28)16-32-22(17)14-26(3)13-19-6-8-21(30)9-7-19/h6-9,11,17-18,22,29-30H,4-5,10,12-16H2,1-3H3/t17-,18+,22-/m0/s1. The Bertz CT molecular complexity index is 856. The van der Waals surface area contributed by atoms with Crippen molar-refractivity contribution in [3.63, 3.8) is 0 Å². The molecule has 0 unspecified atom stereocenters. The molecule has 2 heterocycles. The minimum Gasteiger partial charge on any atom is -0.508 e.